The summed E-state index contributed by atoms with van der Waals surface area (Å²) in [6.07, 6.45) is -31.4. The van der Waals surface area contributed by atoms with E-state index in [2.05, 4.69) is 37.2 Å². The first-order chi connectivity index (χ1) is 52.0. The molecule has 8 heterocycles. The van der Waals surface area contributed by atoms with E-state index in [0.29, 0.717) is 0 Å². The number of hydrogen-bond acceptors (Lipinski definition) is 30. The third kappa shape index (κ3) is 17.3. The van der Waals surface area contributed by atoms with Gasteiger partial charge < -0.3 is 153 Å². The Kier molecular flexibility index (Phi) is 25.0. The van der Waals surface area contributed by atoms with Crippen LogP contribution in [0.25, 0.3) is 11.1 Å². The van der Waals surface area contributed by atoms with Crippen LogP contribution in [0.1, 0.15) is 105 Å². The first kappa shape index (κ1) is 82.1. The molecule has 0 spiro atoms. The summed E-state index contributed by atoms with van der Waals surface area (Å²) in [6.45, 7) is 4.55. The Morgan fingerprint density at radius 1 is 0.645 bits per heavy atom. The van der Waals surface area contributed by atoms with Crippen molar-refractivity contribution in [3.05, 3.63) is 117 Å². The molecule has 1 unspecified atom stereocenters. The Bertz CT molecular complexity index is 4310. The van der Waals surface area contributed by atoms with Crippen molar-refractivity contribution >= 4 is 64.6 Å². The van der Waals surface area contributed by atoms with Crippen LogP contribution in [0, 0.1) is 5.92 Å². The molecule has 3 fully saturated rings. The number of halogens is 2. The lowest BCUT2D eigenvalue weighted by molar-refractivity contribution is -0.352. The molecule has 5 aromatic rings. The topological polar surface area (TPSA) is 593 Å². The van der Waals surface area contributed by atoms with Gasteiger partial charge in [-0.2, -0.15) is 0 Å². The van der Waals surface area contributed by atoms with Gasteiger partial charge in [-0.25, -0.2) is 0 Å². The highest BCUT2D eigenvalue weighted by atomic mass is 35.5. The predicted molar refractivity (Wildman–Crippen MR) is 377 cm³/mol. The molecular weight excluding hydrogens is 1500 g/mol. The van der Waals surface area contributed by atoms with Crippen molar-refractivity contribution < 1.29 is 138 Å². The first-order valence-corrected chi connectivity index (χ1v) is 35.4. The van der Waals surface area contributed by atoms with E-state index in [9.17, 15) is 80.8 Å². The van der Waals surface area contributed by atoms with Gasteiger partial charge in [0.05, 0.1) is 47.9 Å². The number of benzene rings is 5. The van der Waals surface area contributed by atoms with E-state index in [1.807, 2.05) is 13.8 Å². The van der Waals surface area contributed by atoms with Crippen LogP contribution in [0.4, 0.5) is 0 Å². The fourth-order valence-electron chi connectivity index (χ4n) is 13.8. The Morgan fingerprint density at radius 2 is 1.25 bits per heavy atom. The van der Waals surface area contributed by atoms with Crippen molar-refractivity contribution in [1.29, 1.82) is 0 Å². The SMILES string of the molecule is CN[C@H](CC(C)C)C(=O)NC1C(=O)N[C@H](CC(N)=O)C(=O)N[C@H]2C(=O)N[C@H]3C(=O)N[C@H](C(=O)N[C@@H](O)c4cc(O)cc(O)c4-c4cc3ccc4O)[C@H](O[C@H]3C[C@](C)(N)[C@@H](O)[C@H](C)O3)c3ccc(c(Cl)c3)Oc3cc2cc(c3O[C@@H]2O[C@H](CO)[C@@H](O[C@@H]3O[C@H](CO)[C@H](O)[C@H](O)[C@H]3O)[C@H](O)[C@H]2O)Oc2ccc(cc2Cl)[C@H]1O. The molecule has 7 amide bonds. The molecule has 0 aromatic heterocycles. The molecule has 37 nitrogen and oxygen atoms in total. The molecule has 0 radical (unpaired) electrons. The zero-order valence-electron chi connectivity index (χ0n) is 59.2. The minimum atomic E-state index is -2.38. The number of aromatic hydroxyl groups is 3. The number of amides is 7. The lowest BCUT2D eigenvalue weighted by Crippen LogP contribution is -2.65. The van der Waals surface area contributed by atoms with Crippen molar-refractivity contribution in [2.45, 2.75) is 187 Å². The average Bonchev–Trinajstić information content (AvgIpc) is 0.680. The molecule has 13 rings (SSSR count). The Labute approximate surface area is 635 Å². The summed E-state index contributed by atoms with van der Waals surface area (Å²) in [6, 6.07) is 1.95. The number of aliphatic hydroxyl groups is 10. The van der Waals surface area contributed by atoms with E-state index in [4.69, 9.17) is 72.6 Å². The summed E-state index contributed by atoms with van der Waals surface area (Å²) in [5.74, 6) is -14.2. The van der Waals surface area contributed by atoms with Gasteiger partial charge in [0.15, 0.2) is 30.3 Å². The lowest BCUT2D eigenvalue weighted by Gasteiger charge is -2.45. The summed E-state index contributed by atoms with van der Waals surface area (Å²) in [4.78, 5) is 105. The van der Waals surface area contributed by atoms with Crippen LogP contribution in [0.5, 0.6) is 46.0 Å². The van der Waals surface area contributed by atoms with Crippen LogP contribution in [0.3, 0.4) is 0 Å². The second-order valence-electron chi connectivity index (χ2n) is 28.2. The number of carbonyl (C=O) groups is 7. The van der Waals surface area contributed by atoms with Crippen LogP contribution in [0.2, 0.25) is 10.0 Å². The zero-order valence-corrected chi connectivity index (χ0v) is 60.7. The first-order valence-electron chi connectivity index (χ1n) is 34.7. The summed E-state index contributed by atoms with van der Waals surface area (Å²) < 4.78 is 49.9. The largest absolute Gasteiger partial charge is 0.508 e. The molecule has 11 bridgehead atoms. The van der Waals surface area contributed by atoms with Gasteiger partial charge in [-0.05, 0) is 110 Å². The number of phenols is 3. The lowest BCUT2D eigenvalue weighted by atomic mass is 9.86. The summed E-state index contributed by atoms with van der Waals surface area (Å²) in [5.41, 5.74) is 8.44. The van der Waals surface area contributed by atoms with Gasteiger partial charge in [-0.15, -0.1) is 0 Å². The smallest absolute Gasteiger partial charge is 0.248 e. The monoisotopic (exact) mass is 1580 g/mol. The summed E-state index contributed by atoms with van der Waals surface area (Å²) in [5, 5.41) is 164. The van der Waals surface area contributed by atoms with Gasteiger partial charge in [0.25, 0.3) is 0 Å². The number of nitrogens with one attached hydrogen (secondary N) is 7. The standard InChI is InChI=1S/C71H85Cl2N9O28/c1-24(2)12-35(76-5)63(97)80-50-52(89)27-7-10-39(33(72)14-27)104-41-16-29-17-42(59(41)109-70-57(94)55(92)60(44(23-84)107-70)110-69-56(93)54(91)53(90)43(22-83)106-69)105-40-11-8-28(15-34(40)73)58(108-46-21-71(4,75)61(95)25(3)103-46)51-68(102)82-62(96)32-18-30(85)19-38(87)47(32)31-13-26(6-9-37(31)86)48(65(99)81-51)79-66(100)49(29)78-64(98)36(20-45(74)88)77-67(50)101/h6-11,13-19,24-25,35-36,43-44,46,48-58,60-62,69-70,76,83-87,89-96H,12,20-23,75H2,1-5H3,(H2,74,88)(H,77,101)(H,78,98)(H,79,100)(H,80,97)(H,81,99)(H,82,102)/t25-,35+,36+,43+,44+,46-,48+,49+,50?,51-,52+,53-,54-,55+,56+,57+,58+,60+,61-,62-,69-,70-,71-/m0/s1. The number of phenolic OH excluding ortho intramolecular Hbond substituents is 3. The normalized spacial score (nSPS) is 32.3. The molecule has 23 atom stereocenters. The highest BCUT2D eigenvalue weighted by Gasteiger charge is 2.53. The molecule has 24 N–H and O–H groups in total. The maximum atomic E-state index is 16.3. The molecule has 110 heavy (non-hydrogen) atoms. The molecule has 8 aliphatic rings. The van der Waals surface area contributed by atoms with Crippen LogP contribution >= 0.6 is 23.2 Å². The maximum Gasteiger partial charge on any atom is 0.248 e. The fourth-order valence-corrected chi connectivity index (χ4v) is 14.2. The van der Waals surface area contributed by atoms with Crippen LogP contribution < -0.4 is 62.9 Å². The Hall–Kier alpha value is -8.91. The van der Waals surface area contributed by atoms with Crippen molar-refractivity contribution in [2.75, 3.05) is 20.3 Å². The summed E-state index contributed by atoms with van der Waals surface area (Å²) in [7, 11) is 1.46. The number of fused-ring (bicyclic) bond motifs is 15. The molecule has 596 valence electrons. The number of primary amides is 1. The molecule has 8 aliphatic heterocycles. The van der Waals surface area contributed by atoms with E-state index in [0.717, 1.165) is 54.6 Å². The van der Waals surface area contributed by atoms with Gasteiger partial charge in [-0.3, -0.25) is 33.6 Å². The van der Waals surface area contributed by atoms with Crippen molar-refractivity contribution in [2.24, 2.45) is 17.4 Å². The third-order valence-corrected chi connectivity index (χ3v) is 20.2. The minimum absolute atomic E-state index is 0.115. The highest BCUT2D eigenvalue weighted by molar-refractivity contribution is 6.32. The second kappa shape index (κ2) is 33.6. The summed E-state index contributed by atoms with van der Waals surface area (Å²) >= 11 is 14.3. The van der Waals surface area contributed by atoms with E-state index < -0.39 is 279 Å². The van der Waals surface area contributed by atoms with E-state index >= 15 is 19.2 Å². The van der Waals surface area contributed by atoms with Gasteiger partial charge >= 0.3 is 0 Å². The molecule has 0 saturated carbocycles. The number of hydrogen-bond donors (Lipinski definition) is 22. The third-order valence-electron chi connectivity index (χ3n) is 19.6. The van der Waals surface area contributed by atoms with E-state index in [-0.39, 0.29) is 35.4 Å². The number of likely N-dealkylation sites (N-methyl/N-ethyl adjacent to an activating group) is 1. The molecule has 39 heteroatoms. The van der Waals surface area contributed by atoms with Gasteiger partial charge in [-0.1, -0.05) is 55.2 Å². The zero-order chi connectivity index (χ0) is 80.0. The number of carbonyl (C=O) groups excluding carboxylic acids is 7. The fraction of sp³-hybridized carbons (Fsp3) is 0.479. The molecular formula is C71H85Cl2N9O28. The van der Waals surface area contributed by atoms with E-state index in [1.165, 1.54) is 45.2 Å². The second-order valence-corrected chi connectivity index (χ2v) is 29.0. The highest BCUT2D eigenvalue weighted by Crippen LogP contribution is 2.50. The maximum absolute atomic E-state index is 16.3. The number of rotatable bonds is 15. The molecule has 0 aliphatic carbocycles. The van der Waals surface area contributed by atoms with Crippen molar-refractivity contribution in [1.82, 2.24) is 37.2 Å². The Balaban J connectivity index is 1.15. The van der Waals surface area contributed by atoms with Crippen molar-refractivity contribution in [3.63, 3.8) is 0 Å². The van der Waals surface area contributed by atoms with Gasteiger partial charge in [0.1, 0.15) is 120 Å². The van der Waals surface area contributed by atoms with Crippen LogP contribution in [-0.2, 0) is 57.2 Å². The molecule has 3 saturated heterocycles. The van der Waals surface area contributed by atoms with Crippen LogP contribution in [0.15, 0.2) is 78.9 Å². The molecule has 5 aromatic carbocycles. The van der Waals surface area contributed by atoms with Gasteiger partial charge in [0.2, 0.25) is 53.4 Å². The van der Waals surface area contributed by atoms with Gasteiger partial charge in [0, 0.05) is 34.7 Å². The van der Waals surface area contributed by atoms with Crippen molar-refractivity contribution in [3.8, 4) is 57.1 Å². The number of aliphatic hydroxyl groups excluding tert-OH is 10. The minimum Gasteiger partial charge on any atom is -0.508 e. The number of nitrogens with two attached hydrogens (primary N) is 2. The predicted octanol–water partition coefficient (Wildman–Crippen LogP) is -2.20. The Morgan fingerprint density at radius 3 is 1.86 bits per heavy atom. The van der Waals surface area contributed by atoms with E-state index in [1.54, 1.807) is 0 Å². The quantitative estimate of drug-likeness (QED) is 0.0529. The number of ether oxygens (including phenoxy) is 8. The van der Waals surface area contributed by atoms with Crippen LogP contribution in [-0.4, -0.2) is 238 Å². The average molecular weight is 1580 g/mol.